The van der Waals surface area contributed by atoms with Gasteiger partial charge in [0, 0.05) is 12.2 Å². The van der Waals surface area contributed by atoms with E-state index < -0.39 is 6.09 Å². The summed E-state index contributed by atoms with van der Waals surface area (Å²) in [4.78, 5) is 37.3. The van der Waals surface area contributed by atoms with Crippen LogP contribution in [0, 0.1) is 0 Å². The number of hydrogen-bond acceptors (Lipinski definition) is 4. The molecule has 0 bridgehead atoms. The van der Waals surface area contributed by atoms with E-state index in [9.17, 15) is 14.4 Å². The molecule has 0 saturated carbocycles. The fourth-order valence-corrected chi connectivity index (χ4v) is 2.72. The lowest BCUT2D eigenvalue weighted by molar-refractivity contribution is 0.0656. The molecule has 0 saturated heterocycles. The minimum Gasteiger partial charge on any atom is -0.450 e. The summed E-state index contributed by atoms with van der Waals surface area (Å²) in [6, 6.07) is 14.1. The number of nitrogens with one attached hydrogen (secondary N) is 1. The Morgan fingerprint density at radius 3 is 2.16 bits per heavy atom. The number of amides is 3. The van der Waals surface area contributed by atoms with Crippen molar-refractivity contribution in [1.29, 1.82) is 0 Å². The number of anilines is 1. The van der Waals surface area contributed by atoms with E-state index in [4.69, 9.17) is 4.74 Å². The number of ether oxygens (including phenoxy) is 1. The maximum Gasteiger partial charge on any atom is 0.411 e. The van der Waals surface area contributed by atoms with E-state index in [1.165, 1.54) is 4.90 Å². The fraction of sp³-hybridized carbons (Fsp3) is 0.211. The van der Waals surface area contributed by atoms with Crippen molar-refractivity contribution < 1.29 is 19.1 Å². The van der Waals surface area contributed by atoms with Crippen LogP contribution in [0.3, 0.4) is 0 Å². The Hall–Kier alpha value is -3.15. The van der Waals surface area contributed by atoms with Gasteiger partial charge in [-0.1, -0.05) is 24.3 Å². The second-order valence-corrected chi connectivity index (χ2v) is 5.60. The number of carbonyl (C=O) groups is 3. The zero-order valence-electron chi connectivity index (χ0n) is 13.8. The molecule has 0 unspecified atom stereocenters. The molecule has 2 aromatic rings. The Kier molecular flexibility index (Phi) is 4.79. The largest absolute Gasteiger partial charge is 0.450 e. The third kappa shape index (κ3) is 3.52. The smallest absolute Gasteiger partial charge is 0.411 e. The van der Waals surface area contributed by atoms with Gasteiger partial charge in [-0.05, 0) is 43.2 Å². The summed E-state index contributed by atoms with van der Waals surface area (Å²) in [5.74, 6) is -0.498. The van der Waals surface area contributed by atoms with Crippen molar-refractivity contribution in [3.05, 3.63) is 65.2 Å². The Morgan fingerprint density at radius 2 is 1.60 bits per heavy atom. The first-order chi connectivity index (χ1) is 12.1. The predicted octanol–water partition coefficient (Wildman–Crippen LogP) is 3.09. The molecule has 1 aliphatic heterocycles. The van der Waals surface area contributed by atoms with Gasteiger partial charge in [-0.3, -0.25) is 19.8 Å². The van der Waals surface area contributed by atoms with Gasteiger partial charge in [0.2, 0.25) is 0 Å². The zero-order valence-corrected chi connectivity index (χ0v) is 13.8. The molecule has 1 heterocycles. The maximum atomic E-state index is 12.3. The summed E-state index contributed by atoms with van der Waals surface area (Å²) in [5, 5.41) is 2.61. The molecule has 0 spiro atoms. The second-order valence-electron chi connectivity index (χ2n) is 5.60. The van der Waals surface area contributed by atoms with Crippen molar-refractivity contribution in [3.8, 4) is 0 Å². The van der Waals surface area contributed by atoms with E-state index in [1.807, 2.05) is 12.1 Å². The Labute approximate surface area is 145 Å². The summed E-state index contributed by atoms with van der Waals surface area (Å²) < 4.78 is 4.81. The summed E-state index contributed by atoms with van der Waals surface area (Å²) in [7, 11) is 0. The van der Waals surface area contributed by atoms with E-state index in [0.29, 0.717) is 36.4 Å². The first-order valence-electron chi connectivity index (χ1n) is 8.08. The maximum absolute atomic E-state index is 12.3. The normalized spacial score (nSPS) is 12.9. The van der Waals surface area contributed by atoms with E-state index in [-0.39, 0.29) is 11.8 Å². The first-order valence-corrected chi connectivity index (χ1v) is 8.08. The van der Waals surface area contributed by atoms with E-state index in [0.717, 1.165) is 5.56 Å². The van der Waals surface area contributed by atoms with Crippen molar-refractivity contribution in [2.45, 2.75) is 13.3 Å². The van der Waals surface area contributed by atoms with Gasteiger partial charge >= 0.3 is 6.09 Å². The predicted molar refractivity (Wildman–Crippen MR) is 92.6 cm³/mol. The van der Waals surface area contributed by atoms with Crippen molar-refractivity contribution in [2.75, 3.05) is 18.5 Å². The number of imide groups is 1. The van der Waals surface area contributed by atoms with Crippen molar-refractivity contribution >= 4 is 23.6 Å². The Morgan fingerprint density at radius 1 is 1.00 bits per heavy atom. The van der Waals surface area contributed by atoms with Gasteiger partial charge in [0.15, 0.2) is 0 Å². The second kappa shape index (κ2) is 7.17. The summed E-state index contributed by atoms with van der Waals surface area (Å²) >= 11 is 0. The summed E-state index contributed by atoms with van der Waals surface area (Å²) in [6.07, 6.45) is 0.0480. The first kappa shape index (κ1) is 16.7. The molecule has 3 rings (SSSR count). The lowest BCUT2D eigenvalue weighted by Gasteiger charge is -2.14. The topological polar surface area (TPSA) is 75.7 Å². The number of nitrogens with zero attached hydrogens (tertiary/aromatic N) is 1. The molecule has 3 amide bonds. The molecule has 6 nitrogen and oxygen atoms in total. The average Bonchev–Trinajstić information content (AvgIpc) is 2.86. The third-order valence-electron chi connectivity index (χ3n) is 3.98. The molecule has 25 heavy (non-hydrogen) atoms. The number of fused-ring (bicyclic) bond motifs is 1. The van der Waals surface area contributed by atoms with Crippen LogP contribution in [0.2, 0.25) is 0 Å². The fourth-order valence-electron chi connectivity index (χ4n) is 2.72. The number of rotatable bonds is 5. The molecular formula is C19H18N2O4. The molecule has 6 heteroatoms. The summed E-state index contributed by atoms with van der Waals surface area (Å²) in [6.45, 7) is 2.36. The van der Waals surface area contributed by atoms with E-state index >= 15 is 0 Å². The molecule has 0 fully saturated rings. The Balaban J connectivity index is 1.60. The monoisotopic (exact) mass is 338 g/mol. The molecule has 0 atom stereocenters. The number of benzene rings is 2. The van der Waals surface area contributed by atoms with Crippen molar-refractivity contribution in [2.24, 2.45) is 0 Å². The minimum atomic E-state index is -0.499. The molecule has 1 N–H and O–H groups in total. The standard InChI is InChI=1S/C19H18N2O4/c1-2-25-19(24)20-14-9-7-13(8-10-14)11-12-21-17(22)15-5-3-4-6-16(15)18(21)23/h3-10H,2,11-12H2,1H3,(H,20,24). The molecule has 0 aliphatic carbocycles. The SMILES string of the molecule is CCOC(=O)Nc1ccc(CCN2C(=O)c3ccccc3C2=O)cc1. The van der Waals surface area contributed by atoms with Crippen LogP contribution in [0.1, 0.15) is 33.2 Å². The van der Waals surface area contributed by atoms with Crippen molar-refractivity contribution in [3.63, 3.8) is 0 Å². The zero-order chi connectivity index (χ0) is 17.8. The lowest BCUT2D eigenvalue weighted by Crippen LogP contribution is -2.31. The van der Waals surface area contributed by atoms with Crippen LogP contribution in [0.5, 0.6) is 0 Å². The van der Waals surface area contributed by atoms with Gasteiger partial charge in [0.25, 0.3) is 11.8 Å². The Bertz CT molecular complexity index is 779. The highest BCUT2D eigenvalue weighted by Gasteiger charge is 2.34. The van der Waals surface area contributed by atoms with Gasteiger partial charge in [-0.25, -0.2) is 4.79 Å². The summed E-state index contributed by atoms with van der Waals surface area (Å²) in [5.41, 5.74) is 2.51. The highest BCUT2D eigenvalue weighted by molar-refractivity contribution is 6.21. The molecule has 128 valence electrons. The molecule has 0 aromatic heterocycles. The third-order valence-corrected chi connectivity index (χ3v) is 3.98. The van der Waals surface area contributed by atoms with Gasteiger partial charge in [-0.2, -0.15) is 0 Å². The minimum absolute atomic E-state index is 0.249. The van der Waals surface area contributed by atoms with Crippen LogP contribution in [0.4, 0.5) is 10.5 Å². The van der Waals surface area contributed by atoms with Gasteiger partial charge in [0.05, 0.1) is 17.7 Å². The molecule has 1 aliphatic rings. The number of carbonyl (C=O) groups excluding carboxylic acids is 3. The van der Waals surface area contributed by atoms with Crippen LogP contribution in [0.25, 0.3) is 0 Å². The quantitative estimate of drug-likeness (QED) is 0.850. The van der Waals surface area contributed by atoms with Crippen LogP contribution in [0.15, 0.2) is 48.5 Å². The van der Waals surface area contributed by atoms with E-state index in [2.05, 4.69) is 5.32 Å². The van der Waals surface area contributed by atoms with Crippen molar-refractivity contribution in [1.82, 2.24) is 4.90 Å². The van der Waals surface area contributed by atoms with Crippen LogP contribution >= 0.6 is 0 Å². The van der Waals surface area contributed by atoms with E-state index in [1.54, 1.807) is 43.3 Å². The number of hydrogen-bond donors (Lipinski definition) is 1. The molecule has 0 radical (unpaired) electrons. The van der Waals surface area contributed by atoms with Crippen LogP contribution in [-0.2, 0) is 11.2 Å². The molecular weight excluding hydrogens is 320 g/mol. The van der Waals surface area contributed by atoms with Gasteiger partial charge < -0.3 is 4.74 Å². The van der Waals surface area contributed by atoms with Gasteiger partial charge in [-0.15, -0.1) is 0 Å². The lowest BCUT2D eigenvalue weighted by atomic mass is 10.1. The van der Waals surface area contributed by atoms with Crippen LogP contribution < -0.4 is 5.32 Å². The highest BCUT2D eigenvalue weighted by atomic mass is 16.5. The highest BCUT2D eigenvalue weighted by Crippen LogP contribution is 2.22. The van der Waals surface area contributed by atoms with Gasteiger partial charge in [0.1, 0.15) is 0 Å². The van der Waals surface area contributed by atoms with Crippen LogP contribution in [-0.4, -0.2) is 36.0 Å². The average molecular weight is 338 g/mol. The molecule has 2 aromatic carbocycles.